The molecule has 0 fully saturated rings. The van der Waals surface area contributed by atoms with E-state index in [9.17, 15) is 0 Å². The van der Waals surface area contributed by atoms with Gasteiger partial charge >= 0.3 is 0 Å². The monoisotopic (exact) mass is 237 g/mol. The summed E-state index contributed by atoms with van der Waals surface area (Å²) in [5.41, 5.74) is 1.21. The fourth-order valence-corrected chi connectivity index (χ4v) is 1.67. The molecule has 0 saturated carbocycles. The van der Waals surface area contributed by atoms with Gasteiger partial charge in [0.25, 0.3) is 0 Å². The van der Waals surface area contributed by atoms with Gasteiger partial charge in [-0.15, -0.1) is 0 Å². The van der Waals surface area contributed by atoms with Gasteiger partial charge in [0.15, 0.2) is 0 Å². The van der Waals surface area contributed by atoms with Crippen molar-refractivity contribution in [1.29, 1.82) is 0 Å². The molecule has 1 rings (SSSR count). The summed E-state index contributed by atoms with van der Waals surface area (Å²) in [4.78, 5) is 0. The van der Waals surface area contributed by atoms with E-state index in [-0.39, 0.29) is 6.04 Å². The second-order valence-corrected chi connectivity index (χ2v) is 4.05. The average molecular weight is 237 g/mol. The Hall–Kier alpha value is -1.06. The molecule has 1 aromatic rings. The molecular weight excluding hydrogens is 214 g/mol. The molecule has 0 radical (unpaired) electrons. The molecule has 0 heterocycles. The minimum Gasteiger partial charge on any atom is -0.493 e. The third kappa shape index (κ3) is 4.75. The molecule has 0 aliphatic rings. The van der Waals surface area contributed by atoms with Gasteiger partial charge in [0.05, 0.1) is 13.2 Å². The first-order valence-corrected chi connectivity index (χ1v) is 6.23. The lowest BCUT2D eigenvalue weighted by molar-refractivity contribution is 0.196. The van der Waals surface area contributed by atoms with Crippen LogP contribution in [0.15, 0.2) is 24.3 Å². The fraction of sp³-hybridized carbons (Fsp3) is 0.571. The summed E-state index contributed by atoms with van der Waals surface area (Å²) in [5, 5.41) is 3.41. The summed E-state index contributed by atoms with van der Waals surface area (Å²) in [6, 6.07) is 8.46. The number of hydrogen-bond donors (Lipinski definition) is 1. The van der Waals surface area contributed by atoms with Gasteiger partial charge in [-0.3, -0.25) is 0 Å². The lowest BCUT2D eigenvalue weighted by Crippen LogP contribution is -2.23. The number of para-hydroxylation sites is 1. The molecule has 3 nitrogen and oxygen atoms in total. The van der Waals surface area contributed by atoms with Crippen molar-refractivity contribution in [2.45, 2.75) is 26.3 Å². The third-order valence-electron chi connectivity index (χ3n) is 2.60. The molecule has 0 aliphatic carbocycles. The van der Waals surface area contributed by atoms with Gasteiger partial charge in [0.1, 0.15) is 5.75 Å². The largest absolute Gasteiger partial charge is 0.493 e. The van der Waals surface area contributed by atoms with Crippen molar-refractivity contribution in [2.75, 3.05) is 26.9 Å². The first-order chi connectivity index (χ1) is 8.29. The van der Waals surface area contributed by atoms with Gasteiger partial charge in [0.2, 0.25) is 0 Å². The number of methoxy groups -OCH3 is 1. The maximum atomic E-state index is 5.74. The van der Waals surface area contributed by atoms with E-state index in [1.54, 1.807) is 7.11 Å². The van der Waals surface area contributed by atoms with Crippen molar-refractivity contribution in [3.8, 4) is 5.75 Å². The lowest BCUT2D eigenvalue weighted by atomic mass is 10.1. The van der Waals surface area contributed by atoms with Gasteiger partial charge < -0.3 is 14.8 Å². The van der Waals surface area contributed by atoms with E-state index in [4.69, 9.17) is 9.47 Å². The standard InChI is InChI=1S/C14H23NO2/c1-4-10-17-14-8-6-5-7-13(14)12(2)15-9-11-16-3/h5-8,12,15H,4,9-11H2,1-3H3/t12-/m1/s1. The Morgan fingerprint density at radius 3 is 2.71 bits per heavy atom. The number of benzene rings is 1. The van der Waals surface area contributed by atoms with E-state index in [0.29, 0.717) is 0 Å². The first kappa shape index (κ1) is 14.0. The minimum absolute atomic E-state index is 0.276. The highest BCUT2D eigenvalue weighted by Gasteiger charge is 2.10. The third-order valence-corrected chi connectivity index (χ3v) is 2.60. The molecular formula is C14H23NO2. The summed E-state index contributed by atoms with van der Waals surface area (Å²) in [6.07, 6.45) is 1.03. The van der Waals surface area contributed by atoms with E-state index >= 15 is 0 Å². The van der Waals surface area contributed by atoms with Gasteiger partial charge in [-0.1, -0.05) is 25.1 Å². The van der Waals surface area contributed by atoms with Gasteiger partial charge in [-0.2, -0.15) is 0 Å². The van der Waals surface area contributed by atoms with Crippen LogP contribution in [0.2, 0.25) is 0 Å². The van der Waals surface area contributed by atoms with Crippen LogP contribution in [0.4, 0.5) is 0 Å². The summed E-state index contributed by atoms with van der Waals surface area (Å²) in [7, 11) is 1.71. The van der Waals surface area contributed by atoms with Gasteiger partial charge in [0, 0.05) is 25.3 Å². The van der Waals surface area contributed by atoms with E-state index in [2.05, 4.69) is 25.2 Å². The summed E-state index contributed by atoms with van der Waals surface area (Å²) in [6.45, 7) is 6.59. The van der Waals surface area contributed by atoms with Crippen molar-refractivity contribution in [2.24, 2.45) is 0 Å². The van der Waals surface area contributed by atoms with Crippen molar-refractivity contribution < 1.29 is 9.47 Å². The summed E-state index contributed by atoms with van der Waals surface area (Å²) in [5.74, 6) is 0.978. The smallest absolute Gasteiger partial charge is 0.124 e. The SMILES string of the molecule is CCCOc1ccccc1[C@@H](C)NCCOC. The van der Waals surface area contributed by atoms with Crippen LogP contribution in [-0.2, 0) is 4.74 Å². The second kappa shape index (κ2) is 8.09. The zero-order valence-corrected chi connectivity index (χ0v) is 11.0. The Balaban J connectivity index is 2.60. The van der Waals surface area contributed by atoms with Crippen molar-refractivity contribution in [3.63, 3.8) is 0 Å². The topological polar surface area (TPSA) is 30.5 Å². The van der Waals surface area contributed by atoms with Crippen LogP contribution in [0.25, 0.3) is 0 Å². The Morgan fingerprint density at radius 1 is 1.24 bits per heavy atom. The highest BCUT2D eigenvalue weighted by atomic mass is 16.5. The molecule has 0 bridgehead atoms. The van der Waals surface area contributed by atoms with E-state index in [0.717, 1.165) is 31.9 Å². The lowest BCUT2D eigenvalue weighted by Gasteiger charge is -2.18. The highest BCUT2D eigenvalue weighted by molar-refractivity contribution is 5.35. The van der Waals surface area contributed by atoms with Crippen LogP contribution in [-0.4, -0.2) is 26.9 Å². The van der Waals surface area contributed by atoms with E-state index in [1.807, 2.05) is 18.2 Å². The zero-order valence-electron chi connectivity index (χ0n) is 11.0. The summed E-state index contributed by atoms with van der Waals surface area (Å²) < 4.78 is 10.8. The quantitative estimate of drug-likeness (QED) is 0.705. The molecule has 17 heavy (non-hydrogen) atoms. The summed E-state index contributed by atoms with van der Waals surface area (Å²) >= 11 is 0. The second-order valence-electron chi connectivity index (χ2n) is 4.05. The zero-order chi connectivity index (χ0) is 12.5. The number of nitrogens with one attached hydrogen (secondary N) is 1. The molecule has 0 aliphatic heterocycles. The molecule has 96 valence electrons. The Kier molecular flexibility index (Phi) is 6.67. The molecule has 0 spiro atoms. The normalized spacial score (nSPS) is 12.4. The molecule has 1 aromatic carbocycles. The number of hydrogen-bond acceptors (Lipinski definition) is 3. The van der Waals surface area contributed by atoms with Crippen LogP contribution in [0.5, 0.6) is 5.75 Å². The van der Waals surface area contributed by atoms with E-state index < -0.39 is 0 Å². The highest BCUT2D eigenvalue weighted by Crippen LogP contribution is 2.24. The van der Waals surface area contributed by atoms with Crippen LogP contribution < -0.4 is 10.1 Å². The Labute approximate surface area is 104 Å². The molecule has 3 heteroatoms. The maximum Gasteiger partial charge on any atom is 0.124 e. The maximum absolute atomic E-state index is 5.74. The molecule has 0 amide bonds. The number of rotatable bonds is 8. The first-order valence-electron chi connectivity index (χ1n) is 6.23. The molecule has 1 N–H and O–H groups in total. The van der Waals surface area contributed by atoms with Gasteiger partial charge in [-0.05, 0) is 19.4 Å². The van der Waals surface area contributed by atoms with Crippen LogP contribution in [0.3, 0.4) is 0 Å². The Bertz CT molecular complexity index is 315. The van der Waals surface area contributed by atoms with Crippen LogP contribution in [0.1, 0.15) is 31.9 Å². The molecule has 0 saturated heterocycles. The Morgan fingerprint density at radius 2 is 2.00 bits per heavy atom. The average Bonchev–Trinajstić information content (AvgIpc) is 2.37. The molecule has 0 aromatic heterocycles. The molecule has 1 atom stereocenters. The number of ether oxygens (including phenoxy) is 2. The predicted molar refractivity (Wildman–Crippen MR) is 70.5 cm³/mol. The van der Waals surface area contributed by atoms with Crippen molar-refractivity contribution in [1.82, 2.24) is 5.32 Å². The van der Waals surface area contributed by atoms with Crippen molar-refractivity contribution in [3.05, 3.63) is 29.8 Å². The molecule has 0 unspecified atom stereocenters. The minimum atomic E-state index is 0.276. The van der Waals surface area contributed by atoms with E-state index in [1.165, 1.54) is 5.56 Å². The predicted octanol–water partition coefficient (Wildman–Crippen LogP) is 2.77. The van der Waals surface area contributed by atoms with Crippen LogP contribution >= 0.6 is 0 Å². The van der Waals surface area contributed by atoms with Crippen molar-refractivity contribution >= 4 is 0 Å². The van der Waals surface area contributed by atoms with Crippen LogP contribution in [0, 0.1) is 0 Å². The fourth-order valence-electron chi connectivity index (χ4n) is 1.67. The van der Waals surface area contributed by atoms with Gasteiger partial charge in [-0.25, -0.2) is 0 Å².